The van der Waals surface area contributed by atoms with E-state index in [1.165, 1.54) is 0 Å². The number of carbonyl (C=O) groups excluding carboxylic acids is 1. The van der Waals surface area contributed by atoms with E-state index in [1.807, 2.05) is 43.3 Å². The van der Waals surface area contributed by atoms with E-state index < -0.39 is 0 Å². The maximum absolute atomic E-state index is 12.4. The Bertz CT molecular complexity index is 927. The summed E-state index contributed by atoms with van der Waals surface area (Å²) in [6.07, 6.45) is 0. The van der Waals surface area contributed by atoms with Gasteiger partial charge in [0.2, 0.25) is 0 Å². The number of halogens is 1. The average molecular weight is 445 g/mol. The van der Waals surface area contributed by atoms with Crippen LogP contribution in [0, 0.1) is 0 Å². The highest BCUT2D eigenvalue weighted by Gasteiger charge is 2.19. The predicted octanol–water partition coefficient (Wildman–Crippen LogP) is 3.02. The first-order valence-electron chi connectivity index (χ1n) is 10.2. The fraction of sp³-hybridized carbons (Fsp3) is 0.391. The molecule has 1 aliphatic rings. The second kappa shape index (κ2) is 11.1. The number of hydrazone groups is 1. The molecule has 0 atom stereocenters. The van der Waals surface area contributed by atoms with Gasteiger partial charge in [0, 0.05) is 43.3 Å². The van der Waals surface area contributed by atoms with Crippen LogP contribution in [-0.4, -0.2) is 68.4 Å². The van der Waals surface area contributed by atoms with Gasteiger partial charge in [-0.05, 0) is 36.8 Å². The van der Waals surface area contributed by atoms with E-state index in [0.717, 1.165) is 48.9 Å². The van der Waals surface area contributed by atoms with Gasteiger partial charge in [-0.15, -0.1) is 0 Å². The topological polar surface area (TPSA) is 66.4 Å². The molecule has 2 aromatic rings. The summed E-state index contributed by atoms with van der Waals surface area (Å²) in [6, 6.07) is 13.5. The van der Waals surface area contributed by atoms with Crippen LogP contribution in [0.3, 0.4) is 0 Å². The average Bonchev–Trinajstić information content (AvgIpc) is 2.79. The highest BCUT2D eigenvalue weighted by Crippen LogP contribution is 2.27. The summed E-state index contributed by atoms with van der Waals surface area (Å²) >= 11 is 6.26. The Morgan fingerprint density at radius 1 is 1.03 bits per heavy atom. The minimum absolute atomic E-state index is 0.126. The molecule has 0 radical (unpaired) electrons. The molecule has 3 rings (SSSR count). The molecule has 0 bridgehead atoms. The van der Waals surface area contributed by atoms with Crippen LogP contribution in [0.4, 0.5) is 0 Å². The summed E-state index contributed by atoms with van der Waals surface area (Å²) in [5.41, 5.74) is 5.34. The van der Waals surface area contributed by atoms with Crippen LogP contribution in [-0.2, 0) is 11.3 Å². The van der Waals surface area contributed by atoms with Crippen LogP contribution in [0.15, 0.2) is 47.6 Å². The van der Waals surface area contributed by atoms with Crippen molar-refractivity contribution in [2.24, 2.45) is 5.10 Å². The number of piperazine rings is 1. The highest BCUT2D eigenvalue weighted by atomic mass is 35.5. The Kier molecular flexibility index (Phi) is 8.28. The van der Waals surface area contributed by atoms with Gasteiger partial charge in [0.05, 0.1) is 26.5 Å². The van der Waals surface area contributed by atoms with Crippen molar-refractivity contribution in [3.8, 4) is 11.5 Å². The first kappa shape index (κ1) is 23.1. The van der Waals surface area contributed by atoms with Crippen molar-refractivity contribution in [3.63, 3.8) is 0 Å². The fourth-order valence-corrected chi connectivity index (χ4v) is 3.68. The zero-order valence-electron chi connectivity index (χ0n) is 18.2. The van der Waals surface area contributed by atoms with Gasteiger partial charge >= 0.3 is 0 Å². The monoisotopic (exact) mass is 444 g/mol. The fourth-order valence-electron chi connectivity index (χ4n) is 3.48. The second-order valence-corrected chi connectivity index (χ2v) is 7.85. The van der Waals surface area contributed by atoms with Crippen LogP contribution in [0.5, 0.6) is 11.5 Å². The maximum atomic E-state index is 12.4. The lowest BCUT2D eigenvalue weighted by molar-refractivity contribution is -0.122. The van der Waals surface area contributed by atoms with Crippen LogP contribution in [0.1, 0.15) is 18.1 Å². The number of hydrogen-bond donors (Lipinski definition) is 1. The zero-order valence-corrected chi connectivity index (χ0v) is 19.0. The number of carbonyl (C=O) groups is 1. The van der Waals surface area contributed by atoms with Crippen molar-refractivity contribution in [2.45, 2.75) is 13.5 Å². The lowest BCUT2D eigenvalue weighted by Gasteiger charge is -2.34. The number of hydrogen-bond acceptors (Lipinski definition) is 6. The van der Waals surface area contributed by atoms with Gasteiger partial charge < -0.3 is 9.47 Å². The largest absolute Gasteiger partial charge is 0.493 e. The zero-order chi connectivity index (χ0) is 22.2. The van der Waals surface area contributed by atoms with E-state index >= 15 is 0 Å². The maximum Gasteiger partial charge on any atom is 0.254 e. The van der Waals surface area contributed by atoms with Gasteiger partial charge in [0.1, 0.15) is 0 Å². The van der Waals surface area contributed by atoms with Crippen LogP contribution in [0.25, 0.3) is 0 Å². The first-order chi connectivity index (χ1) is 15.0. The Labute approximate surface area is 188 Å². The van der Waals surface area contributed by atoms with Gasteiger partial charge in [-0.2, -0.15) is 5.10 Å². The summed E-state index contributed by atoms with van der Waals surface area (Å²) in [6.45, 7) is 6.44. The molecule has 31 heavy (non-hydrogen) atoms. The number of nitrogens with one attached hydrogen (secondary N) is 1. The number of rotatable bonds is 8. The molecule has 0 aromatic heterocycles. The van der Waals surface area contributed by atoms with Crippen molar-refractivity contribution in [1.82, 2.24) is 15.2 Å². The van der Waals surface area contributed by atoms with Crippen molar-refractivity contribution in [2.75, 3.05) is 46.9 Å². The summed E-state index contributed by atoms with van der Waals surface area (Å²) in [5.74, 6) is 1.15. The minimum Gasteiger partial charge on any atom is -0.493 e. The molecule has 1 saturated heterocycles. The molecule has 1 heterocycles. The minimum atomic E-state index is -0.126. The highest BCUT2D eigenvalue weighted by molar-refractivity contribution is 6.31. The lowest BCUT2D eigenvalue weighted by atomic mass is 10.1. The third-order valence-corrected chi connectivity index (χ3v) is 5.70. The molecule has 1 aliphatic heterocycles. The molecule has 7 nitrogen and oxygen atoms in total. The van der Waals surface area contributed by atoms with E-state index in [-0.39, 0.29) is 5.91 Å². The van der Waals surface area contributed by atoms with Gasteiger partial charge in [0.15, 0.2) is 11.5 Å². The van der Waals surface area contributed by atoms with Crippen molar-refractivity contribution in [1.29, 1.82) is 0 Å². The SMILES string of the molecule is COc1ccc(/C(C)=N/NC(=O)CN2CCN(Cc3ccccc3Cl)CC2)cc1OC. The van der Waals surface area contributed by atoms with Gasteiger partial charge in [-0.1, -0.05) is 29.8 Å². The Morgan fingerprint density at radius 2 is 1.71 bits per heavy atom. The number of nitrogens with zero attached hydrogens (tertiary/aromatic N) is 3. The number of ether oxygens (including phenoxy) is 2. The molecule has 1 N–H and O–H groups in total. The van der Waals surface area contributed by atoms with Crippen molar-refractivity contribution in [3.05, 3.63) is 58.6 Å². The quantitative estimate of drug-likeness (QED) is 0.500. The summed E-state index contributed by atoms with van der Waals surface area (Å²) in [5, 5.41) is 5.04. The van der Waals surface area contributed by atoms with Crippen LogP contribution < -0.4 is 14.9 Å². The number of methoxy groups -OCH3 is 2. The summed E-state index contributed by atoms with van der Waals surface area (Å²) < 4.78 is 10.6. The van der Waals surface area contributed by atoms with E-state index in [0.29, 0.717) is 23.8 Å². The molecule has 0 aliphatic carbocycles. The molecular weight excluding hydrogens is 416 g/mol. The Balaban J connectivity index is 1.46. The molecule has 0 unspecified atom stereocenters. The van der Waals surface area contributed by atoms with Crippen LogP contribution in [0.2, 0.25) is 5.02 Å². The third kappa shape index (κ3) is 6.43. The van der Waals surface area contributed by atoms with E-state index in [9.17, 15) is 4.79 Å². The molecule has 8 heteroatoms. The van der Waals surface area contributed by atoms with E-state index in [4.69, 9.17) is 21.1 Å². The van der Waals surface area contributed by atoms with E-state index in [2.05, 4.69) is 26.4 Å². The van der Waals surface area contributed by atoms with Crippen LogP contribution >= 0.6 is 11.6 Å². The second-order valence-electron chi connectivity index (χ2n) is 7.45. The summed E-state index contributed by atoms with van der Waals surface area (Å²) in [7, 11) is 3.18. The van der Waals surface area contributed by atoms with Crippen molar-refractivity contribution >= 4 is 23.2 Å². The number of amides is 1. The van der Waals surface area contributed by atoms with Crippen molar-refractivity contribution < 1.29 is 14.3 Å². The third-order valence-electron chi connectivity index (χ3n) is 5.33. The standard InChI is InChI=1S/C23H29ClN4O3/c1-17(18-8-9-21(30-2)22(14-18)31-3)25-26-23(29)16-28-12-10-27(11-13-28)15-19-6-4-5-7-20(19)24/h4-9,14H,10-13,15-16H2,1-3H3,(H,26,29)/b25-17+. The summed E-state index contributed by atoms with van der Waals surface area (Å²) in [4.78, 5) is 16.8. The van der Waals surface area contributed by atoms with Gasteiger partial charge in [-0.3, -0.25) is 14.6 Å². The normalized spacial score (nSPS) is 15.5. The van der Waals surface area contributed by atoms with Gasteiger partial charge in [-0.25, -0.2) is 5.43 Å². The number of benzene rings is 2. The molecular formula is C23H29ClN4O3. The predicted molar refractivity (Wildman–Crippen MR) is 123 cm³/mol. The Hall–Kier alpha value is -2.61. The smallest absolute Gasteiger partial charge is 0.254 e. The molecule has 1 amide bonds. The molecule has 0 spiro atoms. The molecule has 2 aromatic carbocycles. The molecule has 166 valence electrons. The van der Waals surface area contributed by atoms with Gasteiger partial charge in [0.25, 0.3) is 5.91 Å². The molecule has 1 fully saturated rings. The Morgan fingerprint density at radius 3 is 2.39 bits per heavy atom. The van der Waals surface area contributed by atoms with E-state index in [1.54, 1.807) is 14.2 Å². The molecule has 0 saturated carbocycles. The first-order valence-corrected chi connectivity index (χ1v) is 10.6. The lowest BCUT2D eigenvalue weighted by Crippen LogP contribution is -2.48.